The molecule has 0 radical (unpaired) electrons. The lowest BCUT2D eigenvalue weighted by atomic mass is 9.99. The van der Waals surface area contributed by atoms with Crippen LogP contribution in [0.5, 0.6) is 0 Å². The number of urea groups is 2. The Labute approximate surface area is 212 Å². The van der Waals surface area contributed by atoms with E-state index in [1.165, 1.54) is 50.3 Å². The molecule has 4 aliphatic heterocycles. The van der Waals surface area contributed by atoms with E-state index in [2.05, 4.69) is 10.6 Å². The molecular weight excluding hydrogens is 516 g/mol. The number of nitrogens with one attached hydrogen (secondary N) is 2. The number of likely N-dealkylation sites (N-methyl/N-ethyl adjacent to an activating group) is 2. The van der Waals surface area contributed by atoms with Crippen LogP contribution in [0.25, 0.3) is 0 Å². The maximum absolute atomic E-state index is 13.0. The molecule has 17 heteroatoms. The first kappa shape index (κ1) is 26.8. The quantitative estimate of drug-likeness (QED) is 0.304. The van der Waals surface area contributed by atoms with Crippen LogP contribution in [0, 0.1) is 0 Å². The molecule has 37 heavy (non-hydrogen) atoms. The summed E-state index contributed by atoms with van der Waals surface area (Å²) < 4.78 is 46.2. The number of amides is 6. The minimum Gasteiger partial charge on any atom is -0.382 e. The maximum atomic E-state index is 13.0. The smallest absolute Gasteiger partial charge is 0.382 e. The second-order valence-corrected chi connectivity index (χ2v) is 9.67. The van der Waals surface area contributed by atoms with Crippen LogP contribution < -0.4 is 10.6 Å². The van der Waals surface area contributed by atoms with Gasteiger partial charge in [-0.1, -0.05) is 0 Å². The highest BCUT2D eigenvalue weighted by molar-refractivity contribution is 7.81. The number of fused-ring (bicyclic) bond motifs is 4. The van der Waals surface area contributed by atoms with Crippen LogP contribution >= 0.6 is 0 Å². The average Bonchev–Trinajstić information content (AvgIpc) is 3.28. The van der Waals surface area contributed by atoms with Gasteiger partial charge in [0.2, 0.25) is 11.8 Å². The molecule has 4 unspecified atom stereocenters. The number of carbonyl (C=O) groups excluding carboxylic acids is 4. The highest BCUT2D eigenvalue weighted by atomic mass is 32.3. The van der Waals surface area contributed by atoms with Crippen molar-refractivity contribution in [1.82, 2.24) is 30.6 Å². The summed E-state index contributed by atoms with van der Waals surface area (Å²) in [5.41, 5.74) is 0.210. The molecule has 0 spiro atoms. The van der Waals surface area contributed by atoms with Gasteiger partial charge in [0, 0.05) is 39.5 Å². The van der Waals surface area contributed by atoms with E-state index >= 15 is 0 Å². The van der Waals surface area contributed by atoms with Crippen molar-refractivity contribution in [3.63, 3.8) is 0 Å². The molecule has 0 aromatic carbocycles. The number of hydrogen-bond acceptors (Lipinski definition) is 10. The Morgan fingerprint density at radius 2 is 1.22 bits per heavy atom. The molecule has 2 N–H and O–H groups in total. The highest BCUT2D eigenvalue weighted by Gasteiger charge is 2.53. The van der Waals surface area contributed by atoms with Crippen LogP contribution in [0.2, 0.25) is 0 Å². The average molecular weight is 545 g/mol. The van der Waals surface area contributed by atoms with Gasteiger partial charge in [-0.3, -0.25) is 9.59 Å². The second kappa shape index (κ2) is 10.3. The predicted octanol–water partition coefficient (Wildman–Crippen LogP) is -2.29. The number of methoxy groups -OCH3 is 2. The van der Waals surface area contributed by atoms with Crippen LogP contribution in [-0.2, 0) is 38.0 Å². The van der Waals surface area contributed by atoms with E-state index in [1.54, 1.807) is 0 Å². The number of hydroxylamine groups is 4. The van der Waals surface area contributed by atoms with E-state index < -0.39 is 58.4 Å². The van der Waals surface area contributed by atoms with Crippen LogP contribution in [0.4, 0.5) is 9.59 Å². The molecule has 2 saturated heterocycles. The zero-order valence-corrected chi connectivity index (χ0v) is 21.4. The highest BCUT2D eigenvalue weighted by Crippen LogP contribution is 2.34. The SMILES string of the molecule is CNC(=O)C1=CC(COC)N2CC1N(OS(=O)(=O)ON1C(=O)N3CC1C(C(=O)NC)=CC3COC)C2=O. The number of nitrogens with zero attached hydrogens (tertiary/aromatic N) is 4. The van der Waals surface area contributed by atoms with E-state index in [-0.39, 0.29) is 37.4 Å². The number of hydrogen-bond donors (Lipinski definition) is 2. The van der Waals surface area contributed by atoms with E-state index in [4.69, 9.17) is 18.0 Å². The lowest BCUT2D eigenvalue weighted by Crippen LogP contribution is -2.44. The Morgan fingerprint density at radius 3 is 1.54 bits per heavy atom. The number of ether oxygens (including phenoxy) is 2. The van der Waals surface area contributed by atoms with Crippen LogP contribution in [0.15, 0.2) is 23.3 Å². The molecule has 4 heterocycles. The molecule has 0 aromatic heterocycles. The molecule has 4 aliphatic rings. The summed E-state index contributed by atoms with van der Waals surface area (Å²) in [6.07, 6.45) is 3.00. The predicted molar refractivity (Wildman–Crippen MR) is 122 cm³/mol. The largest absolute Gasteiger partial charge is 0.442 e. The molecule has 204 valence electrons. The summed E-state index contributed by atoms with van der Waals surface area (Å²) >= 11 is 0. The molecule has 4 rings (SSSR count). The topological polar surface area (TPSA) is 176 Å². The Balaban J connectivity index is 1.57. The van der Waals surface area contributed by atoms with Crippen molar-refractivity contribution in [2.24, 2.45) is 0 Å². The standard InChI is InChI=1S/C20H28N6O10S/c1-21-17(27)13-5-11(9-33-3)23-7-15(13)25(19(23)29)35-37(31,32)36-26-16-8-24(20(26)30)12(10-34-4)6-14(16)18(28)22-2/h5-6,11-12,15-16H,7-10H2,1-4H3,(H,21,27)(H,22,28). The minimum absolute atomic E-state index is 0.0388. The Kier molecular flexibility index (Phi) is 7.43. The third-order valence-electron chi connectivity index (χ3n) is 6.43. The number of rotatable bonds is 10. The first-order valence-corrected chi connectivity index (χ1v) is 12.6. The van der Waals surface area contributed by atoms with Crippen molar-refractivity contribution in [3.8, 4) is 0 Å². The van der Waals surface area contributed by atoms with Gasteiger partial charge in [0.15, 0.2) is 0 Å². The Hall–Kier alpha value is -3.25. The summed E-state index contributed by atoms with van der Waals surface area (Å²) in [5.74, 6) is -1.07. The molecular formula is C20H28N6O10S. The molecule has 4 bridgehead atoms. The molecule has 0 aliphatic carbocycles. The van der Waals surface area contributed by atoms with Crippen molar-refractivity contribution < 1.29 is 45.6 Å². The fourth-order valence-corrected chi connectivity index (χ4v) is 5.51. The molecule has 6 amide bonds. The van der Waals surface area contributed by atoms with E-state index in [0.717, 1.165) is 0 Å². The second-order valence-electron chi connectivity index (χ2n) is 8.56. The monoisotopic (exact) mass is 544 g/mol. The maximum Gasteiger partial charge on any atom is 0.442 e. The first-order chi connectivity index (χ1) is 17.6. The van der Waals surface area contributed by atoms with Gasteiger partial charge < -0.3 is 29.9 Å². The summed E-state index contributed by atoms with van der Waals surface area (Å²) in [7, 11) is 0.541. The van der Waals surface area contributed by atoms with Crippen molar-refractivity contribution in [2.75, 3.05) is 54.6 Å². The summed E-state index contributed by atoms with van der Waals surface area (Å²) in [6.45, 7) is 0.0477. The Bertz CT molecular complexity index is 1070. The summed E-state index contributed by atoms with van der Waals surface area (Å²) in [4.78, 5) is 53.5. The fraction of sp³-hybridized carbons (Fsp3) is 0.600. The van der Waals surface area contributed by atoms with Gasteiger partial charge in [0.1, 0.15) is 12.1 Å². The summed E-state index contributed by atoms with van der Waals surface area (Å²) in [5, 5.41) is 5.93. The van der Waals surface area contributed by atoms with E-state index in [0.29, 0.717) is 10.1 Å². The van der Waals surface area contributed by atoms with Gasteiger partial charge >= 0.3 is 22.5 Å². The van der Waals surface area contributed by atoms with E-state index in [9.17, 15) is 27.6 Å². The first-order valence-electron chi connectivity index (χ1n) is 11.3. The normalized spacial score (nSPS) is 26.9. The lowest BCUT2D eigenvalue weighted by molar-refractivity contribution is -0.119. The van der Waals surface area contributed by atoms with Crippen molar-refractivity contribution in [3.05, 3.63) is 23.3 Å². The summed E-state index contributed by atoms with van der Waals surface area (Å²) in [6, 6.07) is -5.08. The van der Waals surface area contributed by atoms with Crippen LogP contribution in [-0.4, -0.2) is 131 Å². The van der Waals surface area contributed by atoms with Gasteiger partial charge in [-0.15, -0.1) is 8.57 Å². The number of carbonyl (C=O) groups is 4. The fourth-order valence-electron chi connectivity index (χ4n) is 4.76. The Morgan fingerprint density at radius 1 is 0.838 bits per heavy atom. The lowest BCUT2D eigenvalue weighted by Gasteiger charge is -2.28. The van der Waals surface area contributed by atoms with Crippen LogP contribution in [0.1, 0.15) is 0 Å². The van der Waals surface area contributed by atoms with E-state index in [1.807, 2.05) is 0 Å². The molecule has 16 nitrogen and oxygen atoms in total. The molecule has 0 saturated carbocycles. The van der Waals surface area contributed by atoms with Crippen molar-refractivity contribution in [1.29, 1.82) is 0 Å². The van der Waals surface area contributed by atoms with Crippen LogP contribution in [0.3, 0.4) is 0 Å². The molecule has 2 fully saturated rings. The molecule has 4 atom stereocenters. The van der Waals surface area contributed by atoms with Gasteiger partial charge in [0.05, 0.1) is 38.4 Å². The third kappa shape index (κ3) is 4.75. The van der Waals surface area contributed by atoms with Gasteiger partial charge in [-0.2, -0.15) is 18.5 Å². The molecule has 0 aromatic rings. The van der Waals surface area contributed by atoms with Gasteiger partial charge in [0.25, 0.3) is 0 Å². The minimum atomic E-state index is -5.09. The van der Waals surface area contributed by atoms with Crippen molar-refractivity contribution >= 4 is 34.3 Å². The van der Waals surface area contributed by atoms with Crippen molar-refractivity contribution in [2.45, 2.75) is 24.2 Å². The third-order valence-corrected chi connectivity index (χ3v) is 7.12. The zero-order chi connectivity index (χ0) is 27.1. The zero-order valence-electron chi connectivity index (χ0n) is 20.6. The van der Waals surface area contributed by atoms with Gasteiger partial charge in [-0.25, -0.2) is 9.59 Å². The van der Waals surface area contributed by atoms with Gasteiger partial charge in [-0.05, 0) is 12.2 Å².